The van der Waals surface area contributed by atoms with Crippen LogP contribution >= 0.6 is 15.9 Å². The maximum Gasteiger partial charge on any atom is 0.326 e. The Morgan fingerprint density at radius 3 is 2.22 bits per heavy atom. The highest BCUT2D eigenvalue weighted by Gasteiger charge is 2.26. The zero-order valence-electron chi connectivity index (χ0n) is 19.2. The molecule has 0 saturated carbocycles. The van der Waals surface area contributed by atoms with Crippen molar-refractivity contribution in [2.75, 3.05) is 0 Å². The van der Waals surface area contributed by atoms with Crippen LogP contribution in [0.25, 0.3) is 32.8 Å². The summed E-state index contributed by atoms with van der Waals surface area (Å²) in [5.41, 5.74) is 1.42. The largest absolute Gasteiger partial charge is 0.480 e. The van der Waals surface area contributed by atoms with Gasteiger partial charge >= 0.3 is 5.97 Å². The lowest BCUT2D eigenvalue weighted by Gasteiger charge is -2.18. The summed E-state index contributed by atoms with van der Waals surface area (Å²) in [6.07, 6.45) is 1.71. The molecule has 0 bridgehead atoms. The van der Waals surface area contributed by atoms with Gasteiger partial charge in [0.1, 0.15) is 23.2 Å². The number of aromatic nitrogens is 1. The Morgan fingerprint density at radius 2 is 1.51 bits per heavy atom. The number of carbonyl (C=O) groups is 2. The van der Waals surface area contributed by atoms with Crippen LogP contribution in [0.2, 0.25) is 0 Å². The SMILES string of the molecule is O=C(N[C@@H](Cc1ccc(-c2ncc3ccccc3c2Br)c2ccccc12)C(=O)O)c1c(F)cccc1F. The first-order chi connectivity index (χ1) is 17.8. The minimum absolute atomic E-state index is 0.0930. The van der Waals surface area contributed by atoms with Crippen LogP contribution in [-0.2, 0) is 11.2 Å². The van der Waals surface area contributed by atoms with Crippen LogP contribution < -0.4 is 5.32 Å². The van der Waals surface area contributed by atoms with Crippen molar-refractivity contribution in [1.82, 2.24) is 10.3 Å². The molecule has 1 atom stereocenters. The molecule has 5 aromatic rings. The van der Waals surface area contributed by atoms with Crippen molar-refractivity contribution in [2.24, 2.45) is 0 Å². The van der Waals surface area contributed by atoms with Crippen molar-refractivity contribution in [2.45, 2.75) is 12.5 Å². The predicted molar refractivity (Wildman–Crippen MR) is 141 cm³/mol. The molecule has 184 valence electrons. The third kappa shape index (κ3) is 4.68. The quantitative estimate of drug-likeness (QED) is 0.248. The average molecular weight is 561 g/mol. The van der Waals surface area contributed by atoms with Crippen molar-refractivity contribution >= 4 is 49.4 Å². The van der Waals surface area contributed by atoms with E-state index in [4.69, 9.17) is 0 Å². The van der Waals surface area contributed by atoms with Gasteiger partial charge in [0.25, 0.3) is 5.91 Å². The fourth-order valence-electron chi connectivity index (χ4n) is 4.43. The van der Waals surface area contributed by atoms with Gasteiger partial charge in [0.05, 0.1) is 10.2 Å². The molecule has 1 aromatic heterocycles. The number of benzene rings is 4. The maximum absolute atomic E-state index is 14.1. The summed E-state index contributed by atoms with van der Waals surface area (Å²) < 4.78 is 29.0. The van der Waals surface area contributed by atoms with Gasteiger partial charge in [-0.05, 0) is 49.8 Å². The Morgan fingerprint density at radius 1 is 0.865 bits per heavy atom. The van der Waals surface area contributed by atoms with Gasteiger partial charge in [-0.3, -0.25) is 9.78 Å². The number of carbonyl (C=O) groups excluding carboxylic acids is 1. The normalized spacial score (nSPS) is 12.0. The summed E-state index contributed by atoms with van der Waals surface area (Å²) in [4.78, 5) is 29.3. The van der Waals surface area contributed by atoms with E-state index in [1.54, 1.807) is 12.3 Å². The molecule has 5 nitrogen and oxygen atoms in total. The maximum atomic E-state index is 14.1. The number of aliphatic carboxylic acids is 1. The van der Waals surface area contributed by atoms with Gasteiger partial charge < -0.3 is 10.4 Å². The molecule has 0 fully saturated rings. The molecular weight excluding hydrogens is 542 g/mol. The number of carboxylic acids is 1. The first-order valence-electron chi connectivity index (χ1n) is 11.4. The fraction of sp³-hybridized carbons (Fsp3) is 0.0690. The van der Waals surface area contributed by atoms with Gasteiger partial charge in [0, 0.05) is 23.6 Å². The molecule has 2 N–H and O–H groups in total. The average Bonchev–Trinajstić information content (AvgIpc) is 2.89. The summed E-state index contributed by atoms with van der Waals surface area (Å²) >= 11 is 3.69. The van der Waals surface area contributed by atoms with Gasteiger partial charge in [-0.2, -0.15) is 0 Å². The van der Waals surface area contributed by atoms with Gasteiger partial charge in [0.2, 0.25) is 0 Å². The number of fused-ring (bicyclic) bond motifs is 2. The van der Waals surface area contributed by atoms with Crippen LogP contribution in [0.1, 0.15) is 15.9 Å². The number of hydrogen-bond donors (Lipinski definition) is 2. The minimum Gasteiger partial charge on any atom is -0.480 e. The monoisotopic (exact) mass is 560 g/mol. The van der Waals surface area contributed by atoms with E-state index in [-0.39, 0.29) is 6.42 Å². The molecule has 4 aromatic carbocycles. The molecule has 1 amide bonds. The Bertz CT molecular complexity index is 1670. The number of rotatable bonds is 6. The Kier molecular flexibility index (Phi) is 6.67. The fourth-order valence-corrected chi connectivity index (χ4v) is 5.10. The predicted octanol–water partition coefficient (Wildman–Crippen LogP) is 6.52. The number of pyridine rings is 1. The van der Waals surface area contributed by atoms with Gasteiger partial charge in [0.15, 0.2) is 0 Å². The second kappa shape index (κ2) is 10.1. The minimum atomic E-state index is -1.41. The van der Waals surface area contributed by atoms with E-state index in [0.717, 1.165) is 55.5 Å². The Hall–Kier alpha value is -4.17. The lowest BCUT2D eigenvalue weighted by molar-refractivity contribution is -0.139. The molecular formula is C29H19BrF2N2O3. The van der Waals surface area contributed by atoms with E-state index < -0.39 is 35.1 Å². The number of nitrogens with one attached hydrogen (secondary N) is 1. The molecule has 0 aliphatic rings. The van der Waals surface area contributed by atoms with E-state index in [1.807, 2.05) is 54.6 Å². The number of nitrogens with zero attached hydrogens (tertiary/aromatic N) is 1. The topological polar surface area (TPSA) is 79.3 Å². The summed E-state index contributed by atoms with van der Waals surface area (Å²) in [5, 5.41) is 15.7. The third-order valence-corrected chi connectivity index (χ3v) is 7.03. The molecule has 5 rings (SSSR count). The van der Waals surface area contributed by atoms with Crippen LogP contribution in [0.3, 0.4) is 0 Å². The molecule has 0 aliphatic carbocycles. The lowest BCUT2D eigenvalue weighted by Crippen LogP contribution is -2.43. The highest BCUT2D eigenvalue weighted by molar-refractivity contribution is 9.10. The van der Waals surface area contributed by atoms with Crippen molar-refractivity contribution in [3.63, 3.8) is 0 Å². The molecule has 1 heterocycles. The van der Waals surface area contributed by atoms with Gasteiger partial charge in [-0.1, -0.05) is 66.7 Å². The van der Waals surface area contributed by atoms with Crippen molar-refractivity contribution < 1.29 is 23.5 Å². The number of amides is 1. The molecule has 37 heavy (non-hydrogen) atoms. The Labute approximate surface area is 218 Å². The first kappa shape index (κ1) is 24.5. The van der Waals surface area contributed by atoms with Gasteiger partial charge in [-0.15, -0.1) is 0 Å². The Balaban J connectivity index is 1.53. The highest BCUT2D eigenvalue weighted by Crippen LogP contribution is 2.37. The second-order valence-electron chi connectivity index (χ2n) is 8.49. The van der Waals surface area contributed by atoms with E-state index in [9.17, 15) is 23.5 Å². The number of hydrogen-bond acceptors (Lipinski definition) is 3. The van der Waals surface area contributed by atoms with Crippen molar-refractivity contribution in [3.05, 3.63) is 112 Å². The summed E-state index contributed by atoms with van der Waals surface area (Å²) in [5.74, 6) is -4.58. The number of carboxylic acid groups (broad SMARTS) is 1. The van der Waals surface area contributed by atoms with E-state index in [0.29, 0.717) is 5.56 Å². The number of halogens is 3. The summed E-state index contributed by atoms with van der Waals surface area (Å²) in [6, 6.07) is 20.6. The molecule has 0 radical (unpaired) electrons. The van der Waals surface area contributed by atoms with Crippen LogP contribution in [0.15, 0.2) is 89.5 Å². The van der Waals surface area contributed by atoms with Crippen molar-refractivity contribution in [3.8, 4) is 11.3 Å². The second-order valence-corrected chi connectivity index (χ2v) is 9.28. The van der Waals surface area contributed by atoms with E-state index in [2.05, 4.69) is 26.2 Å². The van der Waals surface area contributed by atoms with E-state index >= 15 is 0 Å². The standard InChI is InChI=1S/C29H19BrF2N2O3/c30-26-19-8-2-1-6-17(19)15-33-27(26)21-13-12-16(18-7-3-4-9-20(18)21)14-24(29(36)37)34-28(35)25-22(31)10-5-11-23(25)32/h1-13,15,24H,14H2,(H,34,35)(H,36,37)/t24-/m0/s1. The van der Waals surface area contributed by atoms with Crippen LogP contribution in [0.4, 0.5) is 8.78 Å². The third-order valence-electron chi connectivity index (χ3n) is 6.22. The van der Waals surface area contributed by atoms with E-state index in [1.165, 1.54) is 0 Å². The zero-order chi connectivity index (χ0) is 26.1. The van der Waals surface area contributed by atoms with Crippen LogP contribution in [-0.4, -0.2) is 28.0 Å². The van der Waals surface area contributed by atoms with Crippen LogP contribution in [0, 0.1) is 11.6 Å². The smallest absolute Gasteiger partial charge is 0.326 e. The first-order valence-corrected chi connectivity index (χ1v) is 12.2. The molecule has 0 spiro atoms. The summed E-state index contributed by atoms with van der Waals surface area (Å²) in [6.45, 7) is 0. The molecule has 0 unspecified atom stereocenters. The molecule has 0 saturated heterocycles. The lowest BCUT2D eigenvalue weighted by atomic mass is 9.93. The zero-order valence-corrected chi connectivity index (χ0v) is 20.8. The summed E-state index contributed by atoms with van der Waals surface area (Å²) in [7, 11) is 0. The molecule has 8 heteroatoms. The van der Waals surface area contributed by atoms with Crippen molar-refractivity contribution in [1.29, 1.82) is 0 Å². The van der Waals surface area contributed by atoms with Crippen LogP contribution in [0.5, 0.6) is 0 Å². The highest BCUT2D eigenvalue weighted by atomic mass is 79.9. The van der Waals surface area contributed by atoms with Gasteiger partial charge in [-0.25, -0.2) is 13.6 Å². The molecule has 0 aliphatic heterocycles.